The van der Waals surface area contributed by atoms with E-state index < -0.39 is 0 Å². The predicted octanol–water partition coefficient (Wildman–Crippen LogP) is 1.14. The van der Waals surface area contributed by atoms with Crippen LogP contribution in [0.25, 0.3) is 0 Å². The van der Waals surface area contributed by atoms with Crippen molar-refractivity contribution in [1.29, 1.82) is 0 Å². The van der Waals surface area contributed by atoms with Gasteiger partial charge in [0.1, 0.15) is 0 Å². The molecule has 1 rings (SSSR count). The van der Waals surface area contributed by atoms with Crippen LogP contribution < -0.4 is 5.32 Å². The first-order chi connectivity index (χ1) is 8.22. The van der Waals surface area contributed by atoms with Crippen LogP contribution in [0.1, 0.15) is 46.0 Å². The molecule has 1 aliphatic rings. The SMILES string of the molecule is CCC(CCO)NC(=O)C1CCCCN1CC. The van der Waals surface area contributed by atoms with E-state index in [-0.39, 0.29) is 24.6 Å². The van der Waals surface area contributed by atoms with Gasteiger partial charge in [-0.25, -0.2) is 0 Å². The number of aliphatic hydroxyl groups is 1. The topological polar surface area (TPSA) is 52.6 Å². The van der Waals surface area contributed by atoms with Crippen LogP contribution in [0.3, 0.4) is 0 Å². The number of aliphatic hydroxyl groups excluding tert-OH is 1. The van der Waals surface area contributed by atoms with Crippen LogP contribution in [-0.2, 0) is 4.79 Å². The zero-order valence-corrected chi connectivity index (χ0v) is 11.1. The third-order valence-electron chi connectivity index (χ3n) is 3.64. The molecule has 0 bridgehead atoms. The maximum absolute atomic E-state index is 12.2. The smallest absolute Gasteiger partial charge is 0.237 e. The Kier molecular flexibility index (Phi) is 6.52. The number of carbonyl (C=O) groups excluding carboxylic acids is 1. The molecule has 2 atom stereocenters. The molecule has 4 heteroatoms. The summed E-state index contributed by atoms with van der Waals surface area (Å²) in [5.41, 5.74) is 0. The summed E-state index contributed by atoms with van der Waals surface area (Å²) in [6.45, 7) is 6.26. The predicted molar refractivity (Wildman–Crippen MR) is 68.8 cm³/mol. The lowest BCUT2D eigenvalue weighted by Gasteiger charge is -2.34. The fourth-order valence-electron chi connectivity index (χ4n) is 2.50. The molecule has 17 heavy (non-hydrogen) atoms. The lowest BCUT2D eigenvalue weighted by Crippen LogP contribution is -2.51. The van der Waals surface area contributed by atoms with Gasteiger partial charge in [-0.05, 0) is 38.8 Å². The van der Waals surface area contributed by atoms with E-state index in [1.54, 1.807) is 0 Å². The lowest BCUT2D eigenvalue weighted by molar-refractivity contribution is -0.128. The minimum absolute atomic E-state index is 0.0430. The van der Waals surface area contributed by atoms with Crippen LogP contribution in [0, 0.1) is 0 Å². The van der Waals surface area contributed by atoms with Gasteiger partial charge in [0.05, 0.1) is 6.04 Å². The number of hydrogen-bond acceptors (Lipinski definition) is 3. The van der Waals surface area contributed by atoms with Gasteiger partial charge in [-0.3, -0.25) is 9.69 Å². The summed E-state index contributed by atoms with van der Waals surface area (Å²) in [6, 6.07) is 0.162. The molecule has 1 fully saturated rings. The van der Waals surface area contributed by atoms with Crippen LogP contribution in [0.5, 0.6) is 0 Å². The molecule has 0 aromatic carbocycles. The molecule has 2 unspecified atom stereocenters. The van der Waals surface area contributed by atoms with Crippen molar-refractivity contribution in [2.75, 3.05) is 19.7 Å². The number of amides is 1. The third-order valence-corrected chi connectivity index (χ3v) is 3.64. The van der Waals surface area contributed by atoms with Gasteiger partial charge >= 0.3 is 0 Å². The monoisotopic (exact) mass is 242 g/mol. The Hall–Kier alpha value is -0.610. The van der Waals surface area contributed by atoms with Crippen molar-refractivity contribution in [2.45, 2.75) is 58.0 Å². The number of hydrogen-bond donors (Lipinski definition) is 2. The van der Waals surface area contributed by atoms with Crippen molar-refractivity contribution in [1.82, 2.24) is 10.2 Å². The van der Waals surface area contributed by atoms with Gasteiger partial charge in [-0.1, -0.05) is 20.3 Å². The fraction of sp³-hybridized carbons (Fsp3) is 0.923. The molecule has 1 saturated heterocycles. The molecule has 1 aliphatic heterocycles. The number of rotatable bonds is 6. The van der Waals surface area contributed by atoms with Gasteiger partial charge in [-0.2, -0.15) is 0 Å². The van der Waals surface area contributed by atoms with E-state index in [9.17, 15) is 4.79 Å². The van der Waals surface area contributed by atoms with Crippen molar-refractivity contribution in [2.24, 2.45) is 0 Å². The standard InChI is InChI=1S/C13H26N2O2/c1-3-11(8-10-16)14-13(17)12-7-5-6-9-15(12)4-2/h11-12,16H,3-10H2,1-2H3,(H,14,17). The highest BCUT2D eigenvalue weighted by Crippen LogP contribution is 2.17. The minimum Gasteiger partial charge on any atom is -0.396 e. The molecule has 4 nitrogen and oxygen atoms in total. The Morgan fingerprint density at radius 3 is 2.82 bits per heavy atom. The molecule has 0 radical (unpaired) electrons. The number of carbonyl (C=O) groups is 1. The highest BCUT2D eigenvalue weighted by molar-refractivity contribution is 5.82. The van der Waals surface area contributed by atoms with Gasteiger partial charge in [0, 0.05) is 12.6 Å². The molecule has 0 saturated carbocycles. The molecule has 1 heterocycles. The van der Waals surface area contributed by atoms with E-state index >= 15 is 0 Å². The maximum atomic E-state index is 12.2. The summed E-state index contributed by atoms with van der Waals surface area (Å²) >= 11 is 0. The van der Waals surface area contributed by atoms with E-state index in [1.807, 2.05) is 6.92 Å². The average Bonchev–Trinajstić information content (AvgIpc) is 2.38. The van der Waals surface area contributed by atoms with Crippen molar-refractivity contribution < 1.29 is 9.90 Å². The largest absolute Gasteiger partial charge is 0.396 e. The van der Waals surface area contributed by atoms with Gasteiger partial charge in [0.25, 0.3) is 0 Å². The minimum atomic E-state index is 0.0430. The highest BCUT2D eigenvalue weighted by Gasteiger charge is 2.28. The van der Waals surface area contributed by atoms with Crippen molar-refractivity contribution in [3.63, 3.8) is 0 Å². The van der Waals surface area contributed by atoms with Crippen molar-refractivity contribution in [3.8, 4) is 0 Å². The Morgan fingerprint density at radius 1 is 1.47 bits per heavy atom. The quantitative estimate of drug-likeness (QED) is 0.734. The summed E-state index contributed by atoms with van der Waals surface area (Å²) in [4.78, 5) is 14.4. The molecule has 0 spiro atoms. The molecular weight excluding hydrogens is 216 g/mol. The highest BCUT2D eigenvalue weighted by atomic mass is 16.3. The Morgan fingerprint density at radius 2 is 2.24 bits per heavy atom. The normalized spacial score (nSPS) is 23.4. The first kappa shape index (κ1) is 14.5. The van der Waals surface area contributed by atoms with Gasteiger partial charge in [0.2, 0.25) is 5.91 Å². The molecular formula is C13H26N2O2. The second-order valence-corrected chi connectivity index (χ2v) is 4.77. The van der Waals surface area contributed by atoms with Gasteiger partial charge < -0.3 is 10.4 Å². The van der Waals surface area contributed by atoms with E-state index in [2.05, 4.69) is 17.1 Å². The van der Waals surface area contributed by atoms with Crippen LogP contribution >= 0.6 is 0 Å². The van der Waals surface area contributed by atoms with E-state index in [4.69, 9.17) is 5.11 Å². The molecule has 2 N–H and O–H groups in total. The summed E-state index contributed by atoms with van der Waals surface area (Å²) in [7, 11) is 0. The number of nitrogens with one attached hydrogen (secondary N) is 1. The first-order valence-electron chi connectivity index (χ1n) is 6.88. The lowest BCUT2D eigenvalue weighted by atomic mass is 10.0. The molecule has 0 aromatic heterocycles. The maximum Gasteiger partial charge on any atom is 0.237 e. The Labute approximate surface area is 104 Å². The summed E-state index contributed by atoms with van der Waals surface area (Å²) in [6.07, 6.45) is 4.85. The van der Waals surface area contributed by atoms with E-state index in [1.165, 1.54) is 6.42 Å². The molecule has 0 aliphatic carbocycles. The van der Waals surface area contributed by atoms with Crippen LogP contribution in [0.15, 0.2) is 0 Å². The number of piperidine rings is 1. The van der Waals surface area contributed by atoms with Gasteiger partial charge in [-0.15, -0.1) is 0 Å². The summed E-state index contributed by atoms with van der Waals surface area (Å²) in [5.74, 6) is 0.145. The van der Waals surface area contributed by atoms with Gasteiger partial charge in [0.15, 0.2) is 0 Å². The second-order valence-electron chi connectivity index (χ2n) is 4.77. The molecule has 0 aromatic rings. The van der Waals surface area contributed by atoms with E-state index in [0.717, 1.165) is 32.4 Å². The average molecular weight is 242 g/mol. The number of likely N-dealkylation sites (N-methyl/N-ethyl adjacent to an activating group) is 1. The second kappa shape index (κ2) is 7.67. The molecule has 1 amide bonds. The molecule has 100 valence electrons. The zero-order chi connectivity index (χ0) is 12.7. The summed E-state index contributed by atoms with van der Waals surface area (Å²) < 4.78 is 0. The third kappa shape index (κ3) is 4.28. The Balaban J connectivity index is 2.49. The first-order valence-corrected chi connectivity index (χ1v) is 6.88. The van der Waals surface area contributed by atoms with Crippen molar-refractivity contribution >= 4 is 5.91 Å². The summed E-state index contributed by atoms with van der Waals surface area (Å²) in [5, 5.41) is 12.0. The Bertz CT molecular complexity index is 233. The van der Waals surface area contributed by atoms with E-state index in [0.29, 0.717) is 6.42 Å². The van der Waals surface area contributed by atoms with Crippen LogP contribution in [-0.4, -0.2) is 47.7 Å². The van der Waals surface area contributed by atoms with Crippen LogP contribution in [0.2, 0.25) is 0 Å². The van der Waals surface area contributed by atoms with Crippen LogP contribution in [0.4, 0.5) is 0 Å². The number of likely N-dealkylation sites (tertiary alicyclic amines) is 1. The van der Waals surface area contributed by atoms with Crippen molar-refractivity contribution in [3.05, 3.63) is 0 Å². The zero-order valence-electron chi connectivity index (χ0n) is 11.1. The fourth-order valence-corrected chi connectivity index (χ4v) is 2.50. The number of nitrogens with zero attached hydrogens (tertiary/aromatic N) is 1.